The molecule has 1 aliphatic rings. The Bertz CT molecular complexity index is 942. The monoisotopic (exact) mass is 414 g/mol. The van der Waals surface area contributed by atoms with Crippen LogP contribution in [0.4, 0.5) is 10.9 Å². The van der Waals surface area contributed by atoms with Crippen LogP contribution < -0.4 is 5.32 Å². The number of rotatable bonds is 5. The van der Waals surface area contributed by atoms with Crippen LogP contribution >= 0.6 is 22.9 Å². The van der Waals surface area contributed by atoms with E-state index in [1.807, 2.05) is 32.2 Å². The number of aryl methyl sites for hydroxylation is 2. The fourth-order valence-electron chi connectivity index (χ4n) is 3.57. The van der Waals surface area contributed by atoms with E-state index in [2.05, 4.69) is 31.2 Å². The Morgan fingerprint density at radius 1 is 1.18 bits per heavy atom. The standard InChI is InChI=1S/C20H23ClN6S/c1-13-10-23-20(28-13)26-19-9-17(24-14(2)25-19)18-5-3-4-8-27(18)12-16-7-6-15(21)11-22-16/h6-7,9-11,18H,3-5,8,12H2,1-2H3,(H,23,24,25,26). The number of piperidine rings is 1. The van der Waals surface area contributed by atoms with E-state index >= 15 is 0 Å². The summed E-state index contributed by atoms with van der Waals surface area (Å²) in [6.07, 6.45) is 7.05. The summed E-state index contributed by atoms with van der Waals surface area (Å²) in [7, 11) is 0. The molecule has 1 fully saturated rings. The predicted octanol–water partition coefficient (Wildman–Crippen LogP) is 5.07. The predicted molar refractivity (Wildman–Crippen MR) is 113 cm³/mol. The second-order valence-corrected chi connectivity index (χ2v) is 8.75. The van der Waals surface area contributed by atoms with Crippen LogP contribution in [0.15, 0.2) is 30.6 Å². The molecule has 1 saturated heterocycles. The van der Waals surface area contributed by atoms with E-state index in [1.54, 1.807) is 17.5 Å². The van der Waals surface area contributed by atoms with Crippen molar-refractivity contribution in [3.05, 3.63) is 57.7 Å². The largest absolute Gasteiger partial charge is 0.316 e. The summed E-state index contributed by atoms with van der Waals surface area (Å²) in [5.74, 6) is 1.57. The molecule has 0 aromatic carbocycles. The van der Waals surface area contributed by atoms with Crippen LogP contribution in [-0.2, 0) is 6.54 Å². The number of likely N-dealkylation sites (tertiary alicyclic amines) is 1. The molecule has 0 aliphatic carbocycles. The second-order valence-electron chi connectivity index (χ2n) is 7.08. The molecule has 28 heavy (non-hydrogen) atoms. The van der Waals surface area contributed by atoms with Gasteiger partial charge in [0.1, 0.15) is 11.6 Å². The van der Waals surface area contributed by atoms with E-state index in [4.69, 9.17) is 16.6 Å². The van der Waals surface area contributed by atoms with Crippen LogP contribution in [0.1, 0.15) is 47.4 Å². The Hall–Kier alpha value is -2.09. The van der Waals surface area contributed by atoms with Gasteiger partial charge in [0, 0.05) is 29.9 Å². The summed E-state index contributed by atoms with van der Waals surface area (Å²) >= 11 is 7.60. The number of aromatic nitrogens is 4. The first kappa shape index (κ1) is 19.2. The Balaban J connectivity index is 1.57. The Labute approximate surface area is 174 Å². The molecule has 0 saturated carbocycles. The average Bonchev–Trinajstić information content (AvgIpc) is 3.08. The molecule has 0 radical (unpaired) electrons. The first-order valence-electron chi connectivity index (χ1n) is 9.46. The van der Waals surface area contributed by atoms with E-state index in [9.17, 15) is 0 Å². The number of hydrogen-bond donors (Lipinski definition) is 1. The van der Waals surface area contributed by atoms with Crippen LogP contribution in [0.25, 0.3) is 0 Å². The zero-order valence-electron chi connectivity index (χ0n) is 16.0. The quantitative estimate of drug-likeness (QED) is 0.628. The smallest absolute Gasteiger partial charge is 0.188 e. The highest BCUT2D eigenvalue weighted by Crippen LogP contribution is 2.32. The fraction of sp³-hybridized carbons (Fsp3) is 0.400. The van der Waals surface area contributed by atoms with Crippen LogP contribution in [0.2, 0.25) is 5.02 Å². The maximum absolute atomic E-state index is 5.98. The summed E-state index contributed by atoms with van der Waals surface area (Å²) in [5, 5.41) is 4.85. The van der Waals surface area contributed by atoms with E-state index in [1.165, 1.54) is 17.7 Å². The number of hydrogen-bond acceptors (Lipinski definition) is 7. The Morgan fingerprint density at radius 2 is 2.07 bits per heavy atom. The van der Waals surface area contributed by atoms with Crippen LogP contribution in [-0.4, -0.2) is 31.4 Å². The molecule has 3 aromatic rings. The lowest BCUT2D eigenvalue weighted by Gasteiger charge is -2.35. The second kappa shape index (κ2) is 8.51. The summed E-state index contributed by atoms with van der Waals surface area (Å²) < 4.78 is 0. The van der Waals surface area contributed by atoms with E-state index < -0.39 is 0 Å². The first-order valence-corrected chi connectivity index (χ1v) is 10.7. The maximum Gasteiger partial charge on any atom is 0.188 e. The first-order chi connectivity index (χ1) is 13.6. The highest BCUT2D eigenvalue weighted by Gasteiger charge is 2.26. The molecule has 1 atom stereocenters. The number of nitrogens with one attached hydrogen (secondary N) is 1. The van der Waals surface area contributed by atoms with Gasteiger partial charge < -0.3 is 5.32 Å². The molecule has 4 heterocycles. The molecular weight excluding hydrogens is 392 g/mol. The van der Waals surface area contributed by atoms with Crippen molar-refractivity contribution < 1.29 is 0 Å². The molecule has 6 nitrogen and oxygen atoms in total. The molecule has 8 heteroatoms. The third-order valence-corrected chi connectivity index (χ3v) is 5.87. The summed E-state index contributed by atoms with van der Waals surface area (Å²) in [5.41, 5.74) is 2.08. The molecule has 0 bridgehead atoms. The number of thiazole rings is 1. The maximum atomic E-state index is 5.98. The van der Waals surface area contributed by atoms with Crippen LogP contribution in [0.5, 0.6) is 0 Å². The van der Waals surface area contributed by atoms with E-state index in [0.717, 1.165) is 47.7 Å². The van der Waals surface area contributed by atoms with Gasteiger partial charge in [0.15, 0.2) is 5.13 Å². The third kappa shape index (κ3) is 4.66. The highest BCUT2D eigenvalue weighted by molar-refractivity contribution is 7.15. The lowest BCUT2D eigenvalue weighted by Crippen LogP contribution is -2.34. The number of halogens is 1. The zero-order valence-corrected chi connectivity index (χ0v) is 17.6. The van der Waals surface area contributed by atoms with Crippen LogP contribution in [0.3, 0.4) is 0 Å². The molecule has 4 rings (SSSR count). The van der Waals surface area contributed by atoms with Crippen molar-refractivity contribution in [1.82, 2.24) is 24.8 Å². The number of nitrogens with zero attached hydrogens (tertiary/aromatic N) is 5. The van der Waals surface area contributed by atoms with Gasteiger partial charge in [-0.1, -0.05) is 18.0 Å². The van der Waals surface area contributed by atoms with Crippen molar-refractivity contribution in [3.8, 4) is 0 Å². The third-order valence-electron chi connectivity index (χ3n) is 4.82. The molecular formula is C20H23ClN6S. The Kier molecular flexibility index (Phi) is 5.85. The van der Waals surface area contributed by atoms with Crippen molar-refractivity contribution in [2.24, 2.45) is 0 Å². The van der Waals surface area contributed by atoms with Crippen molar-refractivity contribution in [1.29, 1.82) is 0 Å². The van der Waals surface area contributed by atoms with Gasteiger partial charge in [0.25, 0.3) is 0 Å². The van der Waals surface area contributed by atoms with E-state index in [-0.39, 0.29) is 6.04 Å². The lowest BCUT2D eigenvalue weighted by atomic mass is 9.98. The van der Waals surface area contributed by atoms with Crippen molar-refractivity contribution in [3.63, 3.8) is 0 Å². The van der Waals surface area contributed by atoms with Crippen molar-refractivity contribution >= 4 is 33.9 Å². The van der Waals surface area contributed by atoms with Gasteiger partial charge in [0.05, 0.1) is 22.5 Å². The minimum Gasteiger partial charge on any atom is -0.316 e. The van der Waals surface area contributed by atoms with Gasteiger partial charge in [-0.15, -0.1) is 11.3 Å². The summed E-state index contributed by atoms with van der Waals surface area (Å²) in [4.78, 5) is 21.8. The summed E-state index contributed by atoms with van der Waals surface area (Å²) in [6.45, 7) is 5.81. The van der Waals surface area contributed by atoms with Gasteiger partial charge >= 0.3 is 0 Å². The van der Waals surface area contributed by atoms with Gasteiger partial charge in [-0.3, -0.25) is 9.88 Å². The molecule has 0 amide bonds. The minimum absolute atomic E-state index is 0.256. The minimum atomic E-state index is 0.256. The lowest BCUT2D eigenvalue weighted by molar-refractivity contribution is 0.135. The number of pyridine rings is 1. The normalized spacial score (nSPS) is 17.6. The average molecular weight is 415 g/mol. The van der Waals surface area contributed by atoms with E-state index in [0.29, 0.717) is 5.02 Å². The fourth-order valence-corrected chi connectivity index (χ4v) is 4.35. The molecule has 3 aromatic heterocycles. The van der Waals surface area contributed by atoms with Crippen molar-refractivity contribution in [2.45, 2.75) is 45.7 Å². The molecule has 146 valence electrons. The van der Waals surface area contributed by atoms with Gasteiger partial charge in [-0.25, -0.2) is 15.0 Å². The Morgan fingerprint density at radius 3 is 2.82 bits per heavy atom. The summed E-state index contributed by atoms with van der Waals surface area (Å²) in [6, 6.07) is 6.21. The van der Waals surface area contributed by atoms with Crippen molar-refractivity contribution in [2.75, 3.05) is 11.9 Å². The SMILES string of the molecule is Cc1nc(Nc2ncc(C)s2)cc(C2CCCCN2Cc2ccc(Cl)cn2)n1. The molecule has 0 spiro atoms. The number of anilines is 2. The molecule has 1 aliphatic heterocycles. The molecule has 1 N–H and O–H groups in total. The zero-order chi connectivity index (χ0) is 19.5. The van der Waals surface area contributed by atoms with Gasteiger partial charge in [-0.05, 0) is 45.4 Å². The topological polar surface area (TPSA) is 66.8 Å². The van der Waals surface area contributed by atoms with Gasteiger partial charge in [0.2, 0.25) is 0 Å². The van der Waals surface area contributed by atoms with Crippen LogP contribution in [0, 0.1) is 13.8 Å². The van der Waals surface area contributed by atoms with Gasteiger partial charge in [-0.2, -0.15) is 0 Å². The molecule has 1 unspecified atom stereocenters. The highest BCUT2D eigenvalue weighted by atomic mass is 35.5.